The van der Waals surface area contributed by atoms with Crippen molar-refractivity contribution >= 4 is 11.8 Å². The van der Waals surface area contributed by atoms with E-state index < -0.39 is 12.1 Å². The van der Waals surface area contributed by atoms with Gasteiger partial charge in [-0.2, -0.15) is 18.4 Å². The number of anilines is 1. The van der Waals surface area contributed by atoms with Crippen LogP contribution in [0.25, 0.3) is 6.08 Å². The molecule has 29 heavy (non-hydrogen) atoms. The van der Waals surface area contributed by atoms with Gasteiger partial charge in [0.1, 0.15) is 6.07 Å². The molecule has 0 heterocycles. The first-order chi connectivity index (χ1) is 13.6. The van der Waals surface area contributed by atoms with Crippen molar-refractivity contribution in [2.75, 3.05) is 5.32 Å². The molecule has 0 spiro atoms. The Kier molecular flexibility index (Phi) is 7.28. The van der Waals surface area contributed by atoms with Gasteiger partial charge in [-0.1, -0.05) is 60.0 Å². The molecule has 2 aromatic carbocycles. The van der Waals surface area contributed by atoms with Gasteiger partial charge in [-0.15, -0.1) is 0 Å². The van der Waals surface area contributed by atoms with Gasteiger partial charge < -0.3 is 5.32 Å². The van der Waals surface area contributed by atoms with Gasteiger partial charge in [0.25, 0.3) is 0 Å². The van der Waals surface area contributed by atoms with Gasteiger partial charge in [0.15, 0.2) is 0 Å². The molecule has 2 rings (SSSR count). The standard InChI is InChI=1S/C24H25F3N2/c1-5-16(2)15-29-23-9-7-19(13-21(23)14-28)6-8-22(24(25,26)27)20-11-17(3)10-18(4)12-20/h6-13,15,22,29H,5H2,1-4H3/b8-6+,16-15+. The first-order valence-corrected chi connectivity index (χ1v) is 9.43. The van der Waals surface area contributed by atoms with Crippen LogP contribution in [0.1, 0.15) is 54.0 Å². The molecule has 0 fully saturated rings. The maximum atomic E-state index is 13.7. The number of nitrogens with zero attached hydrogens (tertiary/aromatic N) is 1. The molecule has 0 bridgehead atoms. The third kappa shape index (κ3) is 6.25. The minimum Gasteiger partial charge on any atom is -0.361 e. The average molecular weight is 398 g/mol. The van der Waals surface area contributed by atoms with Gasteiger partial charge in [0.05, 0.1) is 17.2 Å². The second-order valence-corrected chi connectivity index (χ2v) is 7.20. The normalized spacial score (nSPS) is 13.4. The molecule has 1 N–H and O–H groups in total. The summed E-state index contributed by atoms with van der Waals surface area (Å²) in [6.45, 7) is 7.57. The highest BCUT2D eigenvalue weighted by Gasteiger charge is 2.39. The predicted molar refractivity (Wildman–Crippen MR) is 113 cm³/mol. The number of nitrogens with one attached hydrogen (secondary N) is 1. The maximum absolute atomic E-state index is 13.7. The molecule has 0 aliphatic rings. The van der Waals surface area contributed by atoms with Crippen LogP contribution in [0.5, 0.6) is 0 Å². The van der Waals surface area contributed by atoms with Gasteiger partial charge >= 0.3 is 6.18 Å². The Hall–Kier alpha value is -3.00. The lowest BCUT2D eigenvalue weighted by Gasteiger charge is -2.18. The molecule has 152 valence electrons. The molecule has 0 saturated carbocycles. The minimum absolute atomic E-state index is 0.213. The van der Waals surface area contributed by atoms with Crippen molar-refractivity contribution in [1.82, 2.24) is 0 Å². The summed E-state index contributed by atoms with van der Waals surface area (Å²) in [4.78, 5) is 0. The number of alkyl halides is 3. The highest BCUT2D eigenvalue weighted by molar-refractivity contribution is 5.65. The van der Waals surface area contributed by atoms with Crippen LogP contribution in [0.2, 0.25) is 0 Å². The molecule has 2 aromatic rings. The fraction of sp³-hybridized carbons (Fsp3) is 0.292. The lowest BCUT2D eigenvalue weighted by molar-refractivity contribution is -0.139. The zero-order valence-electron chi connectivity index (χ0n) is 17.1. The van der Waals surface area contributed by atoms with Crippen molar-refractivity contribution in [3.8, 4) is 6.07 Å². The van der Waals surface area contributed by atoms with E-state index in [1.807, 2.05) is 26.1 Å². The molecule has 0 amide bonds. The summed E-state index contributed by atoms with van der Waals surface area (Å²) in [6, 6.07) is 12.1. The zero-order chi connectivity index (χ0) is 21.6. The Morgan fingerprint density at radius 1 is 1.14 bits per heavy atom. The second-order valence-electron chi connectivity index (χ2n) is 7.20. The maximum Gasteiger partial charge on any atom is 0.399 e. The molecule has 0 aliphatic heterocycles. The molecule has 2 nitrogen and oxygen atoms in total. The van der Waals surface area contributed by atoms with Gasteiger partial charge in [0, 0.05) is 0 Å². The van der Waals surface area contributed by atoms with E-state index in [-0.39, 0.29) is 5.56 Å². The summed E-state index contributed by atoms with van der Waals surface area (Å²) in [6.07, 6.45) is 0.879. The summed E-state index contributed by atoms with van der Waals surface area (Å²) >= 11 is 0. The number of nitriles is 1. The minimum atomic E-state index is -4.40. The summed E-state index contributed by atoms with van der Waals surface area (Å²) < 4.78 is 41.0. The summed E-state index contributed by atoms with van der Waals surface area (Å²) in [7, 11) is 0. The summed E-state index contributed by atoms with van der Waals surface area (Å²) in [5.74, 6) is -1.71. The van der Waals surface area contributed by atoms with Crippen LogP contribution in [0, 0.1) is 25.2 Å². The van der Waals surface area contributed by atoms with Crippen LogP contribution < -0.4 is 5.32 Å². The van der Waals surface area contributed by atoms with E-state index in [1.165, 1.54) is 6.08 Å². The Bertz CT molecular complexity index is 943. The van der Waals surface area contributed by atoms with Crippen LogP contribution in [0.4, 0.5) is 18.9 Å². The molecular weight excluding hydrogens is 373 g/mol. The molecule has 1 unspecified atom stereocenters. The lowest BCUT2D eigenvalue weighted by atomic mass is 9.94. The molecule has 0 saturated heterocycles. The average Bonchev–Trinajstić information content (AvgIpc) is 2.64. The number of aryl methyl sites for hydroxylation is 2. The van der Waals surface area contributed by atoms with Gasteiger partial charge in [0.2, 0.25) is 0 Å². The fourth-order valence-electron chi connectivity index (χ4n) is 2.99. The lowest BCUT2D eigenvalue weighted by Crippen LogP contribution is -2.19. The summed E-state index contributed by atoms with van der Waals surface area (Å²) in [5, 5.41) is 12.5. The highest BCUT2D eigenvalue weighted by atomic mass is 19.4. The van der Waals surface area contributed by atoms with Crippen molar-refractivity contribution in [2.24, 2.45) is 0 Å². The van der Waals surface area contributed by atoms with Gasteiger partial charge in [-0.25, -0.2) is 0 Å². The van der Waals surface area contributed by atoms with E-state index >= 15 is 0 Å². The van der Waals surface area contributed by atoms with Crippen molar-refractivity contribution in [3.63, 3.8) is 0 Å². The van der Waals surface area contributed by atoms with E-state index in [1.54, 1.807) is 44.2 Å². The molecule has 0 aliphatic carbocycles. The predicted octanol–water partition coefficient (Wildman–Crippen LogP) is 7.26. The second kappa shape index (κ2) is 9.47. The number of hydrogen-bond acceptors (Lipinski definition) is 2. The van der Waals surface area contributed by atoms with Crippen molar-refractivity contribution < 1.29 is 13.2 Å². The van der Waals surface area contributed by atoms with Crippen LogP contribution in [-0.2, 0) is 0 Å². The highest BCUT2D eigenvalue weighted by Crippen LogP contribution is 2.37. The van der Waals surface area contributed by atoms with Crippen LogP contribution in [0.15, 0.2) is 54.2 Å². The van der Waals surface area contributed by atoms with Crippen LogP contribution >= 0.6 is 0 Å². The number of benzene rings is 2. The zero-order valence-corrected chi connectivity index (χ0v) is 17.1. The van der Waals surface area contributed by atoms with Crippen molar-refractivity contribution in [1.29, 1.82) is 5.26 Å². The third-order valence-corrected chi connectivity index (χ3v) is 4.63. The number of allylic oxidation sites excluding steroid dienone is 2. The molecule has 5 heteroatoms. The molecule has 0 aromatic heterocycles. The Morgan fingerprint density at radius 2 is 1.79 bits per heavy atom. The smallest absolute Gasteiger partial charge is 0.361 e. The van der Waals surface area contributed by atoms with Gasteiger partial charge in [-0.3, -0.25) is 0 Å². The SMILES string of the molecule is CC/C(C)=C/Nc1ccc(/C=C/C(c2cc(C)cc(C)c2)C(F)(F)F)cc1C#N. The van der Waals surface area contributed by atoms with Gasteiger partial charge in [-0.05, 0) is 56.7 Å². The monoisotopic (exact) mass is 398 g/mol. The Balaban J connectivity index is 2.35. The fourth-order valence-corrected chi connectivity index (χ4v) is 2.99. The quantitative estimate of drug-likeness (QED) is 0.556. The first-order valence-electron chi connectivity index (χ1n) is 9.43. The van der Waals surface area contributed by atoms with Crippen LogP contribution in [-0.4, -0.2) is 6.18 Å². The van der Waals surface area contributed by atoms with E-state index in [0.717, 1.165) is 29.2 Å². The number of hydrogen-bond donors (Lipinski definition) is 1. The van der Waals surface area contributed by atoms with Crippen molar-refractivity contribution in [2.45, 2.75) is 46.2 Å². The van der Waals surface area contributed by atoms with Crippen LogP contribution in [0.3, 0.4) is 0 Å². The van der Waals surface area contributed by atoms with Crippen molar-refractivity contribution in [3.05, 3.63) is 82.1 Å². The Labute approximate surface area is 170 Å². The van der Waals surface area contributed by atoms with E-state index in [9.17, 15) is 18.4 Å². The van der Waals surface area contributed by atoms with E-state index in [4.69, 9.17) is 0 Å². The van der Waals surface area contributed by atoms with E-state index in [2.05, 4.69) is 11.4 Å². The first kappa shape index (κ1) is 22.3. The number of rotatable bonds is 6. The van der Waals surface area contributed by atoms with E-state index in [0.29, 0.717) is 16.8 Å². The topological polar surface area (TPSA) is 35.8 Å². The molecule has 0 radical (unpaired) electrons. The largest absolute Gasteiger partial charge is 0.399 e. The molecular formula is C24H25F3N2. The number of halogens is 3. The third-order valence-electron chi connectivity index (χ3n) is 4.63. The summed E-state index contributed by atoms with van der Waals surface area (Å²) in [5.41, 5.74) is 4.47. The molecule has 1 atom stereocenters. The Morgan fingerprint density at radius 3 is 2.34 bits per heavy atom.